The van der Waals surface area contributed by atoms with Crippen molar-refractivity contribution in [1.82, 2.24) is 4.90 Å². The van der Waals surface area contributed by atoms with Crippen molar-refractivity contribution in [1.29, 1.82) is 0 Å². The summed E-state index contributed by atoms with van der Waals surface area (Å²) in [4.78, 5) is 13.6. The van der Waals surface area contributed by atoms with E-state index in [0.717, 1.165) is 24.3 Å². The highest BCUT2D eigenvalue weighted by Crippen LogP contribution is 2.26. The summed E-state index contributed by atoms with van der Waals surface area (Å²) in [6.07, 6.45) is 0.983. The number of rotatable bonds is 3. The van der Waals surface area contributed by atoms with Crippen molar-refractivity contribution in [3.63, 3.8) is 0 Å². The molecule has 4 heteroatoms. The molecule has 0 saturated carbocycles. The predicted molar refractivity (Wildman–Crippen MR) is 65.7 cm³/mol. The van der Waals surface area contributed by atoms with Crippen LogP contribution in [0.1, 0.15) is 18.9 Å². The van der Waals surface area contributed by atoms with Crippen LogP contribution in [0.15, 0.2) is 18.2 Å². The maximum absolute atomic E-state index is 11.7. The van der Waals surface area contributed by atoms with Crippen LogP contribution in [-0.2, 0) is 6.54 Å². The second kappa shape index (κ2) is 4.43. The fraction of sp³-hybridized carbons (Fsp3) is 0.417. The highest BCUT2D eigenvalue weighted by molar-refractivity contribution is 5.93. The molecular weight excluding hydrogens is 202 g/mol. The van der Waals surface area contributed by atoms with Gasteiger partial charge in [-0.1, -0.05) is 13.0 Å². The monoisotopic (exact) mass is 219 g/mol. The Kier molecular flexibility index (Phi) is 2.99. The minimum Gasteiger partial charge on any atom is -0.388 e. The molecule has 16 heavy (non-hydrogen) atoms. The average Bonchev–Trinajstić information content (AvgIpc) is 2.30. The van der Waals surface area contributed by atoms with E-state index in [1.54, 1.807) is 0 Å². The predicted octanol–water partition coefficient (Wildman–Crippen LogP) is 2.49. The van der Waals surface area contributed by atoms with Gasteiger partial charge in [-0.2, -0.15) is 0 Å². The van der Waals surface area contributed by atoms with E-state index in [1.165, 1.54) is 5.56 Å². The third-order valence-corrected chi connectivity index (χ3v) is 2.78. The van der Waals surface area contributed by atoms with Gasteiger partial charge >= 0.3 is 6.03 Å². The summed E-state index contributed by atoms with van der Waals surface area (Å²) in [6.45, 7) is 3.59. The normalized spacial score (nSPS) is 14.4. The van der Waals surface area contributed by atoms with Crippen LogP contribution in [0.3, 0.4) is 0 Å². The standard InChI is InChI=1S/C12H17N3O/c1-3-6-15-8-9-4-5-10(13-2)7-11(9)14-12(15)16/h4-5,7,13H,3,6,8H2,1-2H3,(H,14,16). The maximum atomic E-state index is 11.7. The number of carbonyl (C=O) groups is 1. The molecule has 0 atom stereocenters. The Morgan fingerprint density at radius 2 is 2.31 bits per heavy atom. The first-order valence-electron chi connectivity index (χ1n) is 5.61. The third-order valence-electron chi connectivity index (χ3n) is 2.78. The summed E-state index contributed by atoms with van der Waals surface area (Å²) >= 11 is 0. The van der Waals surface area contributed by atoms with Gasteiger partial charge in [0.05, 0.1) is 0 Å². The summed E-state index contributed by atoms with van der Waals surface area (Å²) in [5.74, 6) is 0. The molecule has 2 N–H and O–H groups in total. The van der Waals surface area contributed by atoms with E-state index < -0.39 is 0 Å². The number of benzene rings is 1. The average molecular weight is 219 g/mol. The molecule has 0 aliphatic carbocycles. The molecule has 0 radical (unpaired) electrons. The van der Waals surface area contributed by atoms with Crippen LogP contribution in [0, 0.1) is 0 Å². The molecule has 0 bridgehead atoms. The molecule has 2 rings (SSSR count). The van der Waals surface area contributed by atoms with Gasteiger partial charge in [0, 0.05) is 31.5 Å². The molecule has 0 spiro atoms. The molecule has 1 aliphatic heterocycles. The van der Waals surface area contributed by atoms with Crippen LogP contribution in [-0.4, -0.2) is 24.5 Å². The van der Waals surface area contributed by atoms with Gasteiger partial charge in [-0.25, -0.2) is 4.79 Å². The quantitative estimate of drug-likeness (QED) is 0.820. The largest absolute Gasteiger partial charge is 0.388 e. The fourth-order valence-corrected chi connectivity index (χ4v) is 1.91. The number of hydrogen-bond donors (Lipinski definition) is 2. The van der Waals surface area contributed by atoms with E-state index >= 15 is 0 Å². The molecule has 0 fully saturated rings. The molecule has 1 aromatic rings. The van der Waals surface area contributed by atoms with Gasteiger partial charge in [-0.3, -0.25) is 0 Å². The summed E-state index contributed by atoms with van der Waals surface area (Å²) in [5.41, 5.74) is 3.11. The Balaban J connectivity index is 2.24. The Labute approximate surface area is 95.6 Å². The SMILES string of the molecule is CCCN1Cc2ccc(NC)cc2NC1=O. The van der Waals surface area contributed by atoms with Crippen LogP contribution < -0.4 is 10.6 Å². The van der Waals surface area contributed by atoms with Gasteiger partial charge < -0.3 is 15.5 Å². The number of amides is 2. The van der Waals surface area contributed by atoms with Crippen LogP contribution in [0.5, 0.6) is 0 Å². The van der Waals surface area contributed by atoms with Crippen molar-refractivity contribution in [3.05, 3.63) is 23.8 Å². The molecule has 1 heterocycles. The van der Waals surface area contributed by atoms with Crippen molar-refractivity contribution in [2.45, 2.75) is 19.9 Å². The first kappa shape index (κ1) is 10.8. The van der Waals surface area contributed by atoms with Crippen LogP contribution in [0.25, 0.3) is 0 Å². The molecule has 1 aliphatic rings. The zero-order valence-electron chi connectivity index (χ0n) is 9.71. The highest BCUT2D eigenvalue weighted by atomic mass is 16.2. The highest BCUT2D eigenvalue weighted by Gasteiger charge is 2.21. The molecular formula is C12H17N3O. The Hall–Kier alpha value is -1.71. The van der Waals surface area contributed by atoms with Crippen LogP contribution in [0.2, 0.25) is 0 Å². The maximum Gasteiger partial charge on any atom is 0.322 e. The molecule has 4 nitrogen and oxygen atoms in total. The van der Waals surface area contributed by atoms with E-state index in [0.29, 0.717) is 6.54 Å². The molecule has 0 unspecified atom stereocenters. The molecule has 0 saturated heterocycles. The topological polar surface area (TPSA) is 44.4 Å². The van der Waals surface area contributed by atoms with Gasteiger partial charge in [-0.05, 0) is 24.1 Å². The van der Waals surface area contributed by atoms with Gasteiger partial charge in [0.25, 0.3) is 0 Å². The van der Waals surface area contributed by atoms with Crippen LogP contribution in [0.4, 0.5) is 16.2 Å². The van der Waals surface area contributed by atoms with Gasteiger partial charge in [0.2, 0.25) is 0 Å². The minimum absolute atomic E-state index is 0.00241. The Morgan fingerprint density at radius 3 is 3.00 bits per heavy atom. The second-order valence-electron chi connectivity index (χ2n) is 3.97. The van der Waals surface area contributed by atoms with Gasteiger partial charge in [0.15, 0.2) is 0 Å². The number of nitrogens with zero attached hydrogens (tertiary/aromatic N) is 1. The number of hydrogen-bond acceptors (Lipinski definition) is 2. The molecule has 0 aromatic heterocycles. The number of carbonyl (C=O) groups excluding carboxylic acids is 1. The Morgan fingerprint density at radius 1 is 1.50 bits per heavy atom. The van der Waals surface area contributed by atoms with E-state index in [2.05, 4.69) is 23.6 Å². The van der Waals surface area contributed by atoms with Crippen LogP contribution >= 0.6 is 0 Å². The lowest BCUT2D eigenvalue weighted by molar-refractivity contribution is 0.206. The number of anilines is 2. The van der Waals surface area contributed by atoms with E-state index in [-0.39, 0.29) is 6.03 Å². The lowest BCUT2D eigenvalue weighted by Crippen LogP contribution is -2.38. The van der Waals surface area contributed by atoms with Crippen molar-refractivity contribution >= 4 is 17.4 Å². The lowest BCUT2D eigenvalue weighted by atomic mass is 10.1. The number of fused-ring (bicyclic) bond motifs is 1. The van der Waals surface area contributed by atoms with E-state index in [9.17, 15) is 4.79 Å². The summed E-state index contributed by atoms with van der Waals surface area (Å²) in [6, 6.07) is 6.06. The van der Waals surface area contributed by atoms with Gasteiger partial charge in [-0.15, -0.1) is 0 Å². The third kappa shape index (κ3) is 1.96. The lowest BCUT2D eigenvalue weighted by Gasteiger charge is -2.29. The van der Waals surface area contributed by atoms with Gasteiger partial charge in [0.1, 0.15) is 0 Å². The molecule has 1 aromatic carbocycles. The number of urea groups is 1. The van der Waals surface area contributed by atoms with Crippen molar-refractivity contribution < 1.29 is 4.79 Å². The zero-order valence-corrected chi connectivity index (χ0v) is 9.71. The Bertz CT molecular complexity index is 403. The number of nitrogens with one attached hydrogen (secondary N) is 2. The fourth-order valence-electron chi connectivity index (χ4n) is 1.91. The first-order valence-corrected chi connectivity index (χ1v) is 5.61. The van der Waals surface area contributed by atoms with Crippen molar-refractivity contribution in [2.24, 2.45) is 0 Å². The second-order valence-corrected chi connectivity index (χ2v) is 3.97. The minimum atomic E-state index is 0.00241. The molecule has 86 valence electrons. The van der Waals surface area contributed by atoms with Crippen molar-refractivity contribution in [2.75, 3.05) is 24.2 Å². The summed E-state index contributed by atoms with van der Waals surface area (Å²) < 4.78 is 0. The summed E-state index contributed by atoms with van der Waals surface area (Å²) in [5, 5.41) is 5.98. The molecule has 2 amide bonds. The first-order chi connectivity index (χ1) is 7.74. The van der Waals surface area contributed by atoms with E-state index in [1.807, 2.05) is 24.1 Å². The van der Waals surface area contributed by atoms with E-state index in [4.69, 9.17) is 0 Å². The smallest absolute Gasteiger partial charge is 0.322 e. The van der Waals surface area contributed by atoms with Crippen molar-refractivity contribution in [3.8, 4) is 0 Å². The summed E-state index contributed by atoms with van der Waals surface area (Å²) in [7, 11) is 1.87. The zero-order chi connectivity index (χ0) is 11.5.